The van der Waals surface area contributed by atoms with Crippen LogP contribution < -0.4 is 0 Å². The Balaban J connectivity index is 1.36. The van der Waals surface area contributed by atoms with Gasteiger partial charge < -0.3 is 13.7 Å². The summed E-state index contributed by atoms with van der Waals surface area (Å²) in [5.41, 5.74) is 4.87. The SMILES string of the molecule is CCc1cc2cc(-c3ccc(C(=O)N4CCC(F)(F)CC4)cc3)cc(-c3cc4ccccc4o3)c2o1. The van der Waals surface area contributed by atoms with Crippen molar-refractivity contribution < 1.29 is 22.4 Å². The van der Waals surface area contributed by atoms with Gasteiger partial charge in [0.2, 0.25) is 0 Å². The van der Waals surface area contributed by atoms with Crippen molar-refractivity contribution in [2.45, 2.75) is 32.1 Å². The van der Waals surface area contributed by atoms with Crippen LogP contribution in [-0.4, -0.2) is 29.8 Å². The fraction of sp³-hybridized carbons (Fsp3) is 0.233. The van der Waals surface area contributed by atoms with Gasteiger partial charge >= 0.3 is 0 Å². The van der Waals surface area contributed by atoms with Crippen molar-refractivity contribution in [1.82, 2.24) is 4.90 Å². The molecule has 36 heavy (non-hydrogen) atoms. The van der Waals surface area contributed by atoms with Crippen molar-refractivity contribution in [2.24, 2.45) is 0 Å². The number of hydrogen-bond acceptors (Lipinski definition) is 3. The van der Waals surface area contributed by atoms with E-state index < -0.39 is 5.92 Å². The first kappa shape index (κ1) is 22.5. The summed E-state index contributed by atoms with van der Waals surface area (Å²) in [6, 6.07) is 23.4. The molecule has 4 nitrogen and oxygen atoms in total. The normalized spacial score (nSPS) is 15.6. The molecule has 0 aliphatic carbocycles. The first-order valence-electron chi connectivity index (χ1n) is 12.2. The Kier molecular flexibility index (Phi) is 5.40. The number of rotatable bonds is 4. The molecule has 0 bridgehead atoms. The van der Waals surface area contributed by atoms with E-state index in [1.54, 1.807) is 12.1 Å². The number of nitrogens with zero attached hydrogens (tertiary/aromatic N) is 1. The summed E-state index contributed by atoms with van der Waals surface area (Å²) in [5, 5.41) is 2.00. The molecule has 3 heterocycles. The summed E-state index contributed by atoms with van der Waals surface area (Å²) in [6.07, 6.45) is 0.209. The highest BCUT2D eigenvalue weighted by atomic mass is 19.3. The summed E-state index contributed by atoms with van der Waals surface area (Å²) in [6.45, 7) is 2.20. The van der Waals surface area contributed by atoms with E-state index in [2.05, 4.69) is 19.1 Å². The number of hydrogen-bond donors (Lipinski definition) is 0. The van der Waals surface area contributed by atoms with Crippen LogP contribution in [0, 0.1) is 0 Å². The molecule has 0 spiro atoms. The molecule has 1 fully saturated rings. The maximum atomic E-state index is 13.5. The Morgan fingerprint density at radius 1 is 0.889 bits per heavy atom. The lowest BCUT2D eigenvalue weighted by Gasteiger charge is -2.31. The van der Waals surface area contributed by atoms with E-state index in [0.717, 1.165) is 56.6 Å². The number of fused-ring (bicyclic) bond motifs is 2. The molecule has 182 valence electrons. The minimum Gasteiger partial charge on any atom is -0.460 e. The molecule has 1 aliphatic rings. The number of halogens is 2. The number of para-hydroxylation sites is 1. The van der Waals surface area contributed by atoms with Crippen LogP contribution in [0.15, 0.2) is 81.6 Å². The molecule has 2 aromatic heterocycles. The lowest BCUT2D eigenvalue weighted by Crippen LogP contribution is -2.42. The quantitative estimate of drug-likeness (QED) is 0.260. The molecular weight excluding hydrogens is 460 g/mol. The number of alkyl halides is 2. The van der Waals surface area contributed by atoms with Crippen LogP contribution in [0.4, 0.5) is 8.78 Å². The van der Waals surface area contributed by atoms with Crippen molar-refractivity contribution >= 4 is 27.8 Å². The van der Waals surface area contributed by atoms with Crippen molar-refractivity contribution in [2.75, 3.05) is 13.1 Å². The predicted molar refractivity (Wildman–Crippen MR) is 136 cm³/mol. The Morgan fingerprint density at radius 3 is 2.36 bits per heavy atom. The highest BCUT2D eigenvalue weighted by Gasteiger charge is 2.35. The Hall–Kier alpha value is -3.93. The van der Waals surface area contributed by atoms with Gasteiger partial charge in [-0.3, -0.25) is 4.79 Å². The summed E-state index contributed by atoms with van der Waals surface area (Å²) in [4.78, 5) is 14.4. The second kappa shape index (κ2) is 8.63. The van der Waals surface area contributed by atoms with E-state index in [9.17, 15) is 13.6 Å². The van der Waals surface area contributed by atoms with Crippen LogP contribution >= 0.6 is 0 Å². The zero-order chi connectivity index (χ0) is 24.9. The smallest absolute Gasteiger partial charge is 0.253 e. The summed E-state index contributed by atoms with van der Waals surface area (Å²) in [7, 11) is 0. The van der Waals surface area contributed by atoms with Gasteiger partial charge in [0.05, 0.1) is 5.56 Å². The second-order valence-electron chi connectivity index (χ2n) is 9.38. The lowest BCUT2D eigenvalue weighted by atomic mass is 9.98. The van der Waals surface area contributed by atoms with E-state index >= 15 is 0 Å². The van der Waals surface area contributed by atoms with E-state index in [-0.39, 0.29) is 31.8 Å². The Bertz CT molecular complexity index is 1540. The summed E-state index contributed by atoms with van der Waals surface area (Å²) >= 11 is 0. The van der Waals surface area contributed by atoms with Gasteiger partial charge in [0.15, 0.2) is 0 Å². The standard InChI is InChI=1S/C30H25F2NO3/c1-2-24-16-23-15-22(17-25(28(23)35-24)27-18-21-5-3-4-6-26(21)36-27)19-7-9-20(10-8-19)29(34)33-13-11-30(31,32)12-14-33/h3-10,15-18H,2,11-14H2,1H3. The zero-order valence-corrected chi connectivity index (χ0v) is 19.9. The van der Waals surface area contributed by atoms with Gasteiger partial charge in [0.1, 0.15) is 22.7 Å². The van der Waals surface area contributed by atoms with Crippen LogP contribution in [-0.2, 0) is 6.42 Å². The maximum absolute atomic E-state index is 13.5. The molecule has 6 heteroatoms. The van der Waals surface area contributed by atoms with Gasteiger partial charge in [-0.1, -0.05) is 37.3 Å². The molecule has 3 aromatic carbocycles. The van der Waals surface area contributed by atoms with Gasteiger partial charge in [0.25, 0.3) is 11.8 Å². The molecule has 5 aromatic rings. The molecule has 0 radical (unpaired) electrons. The molecule has 1 saturated heterocycles. The third kappa shape index (κ3) is 4.06. The van der Waals surface area contributed by atoms with Gasteiger partial charge in [-0.15, -0.1) is 0 Å². The lowest BCUT2D eigenvalue weighted by molar-refractivity contribution is -0.0494. The van der Waals surface area contributed by atoms with E-state index in [0.29, 0.717) is 5.56 Å². The Labute approximate surface area is 207 Å². The minimum atomic E-state index is -2.68. The van der Waals surface area contributed by atoms with E-state index in [1.165, 1.54) is 4.90 Å². The number of furan rings is 2. The first-order chi connectivity index (χ1) is 17.4. The summed E-state index contributed by atoms with van der Waals surface area (Å²) in [5.74, 6) is -1.26. The van der Waals surface area contributed by atoms with Gasteiger partial charge in [-0.2, -0.15) is 0 Å². The third-order valence-corrected chi connectivity index (χ3v) is 6.95. The van der Waals surface area contributed by atoms with Gasteiger partial charge in [-0.05, 0) is 53.6 Å². The number of aryl methyl sites for hydroxylation is 1. The molecule has 1 amide bonds. The highest BCUT2D eigenvalue weighted by Crippen LogP contribution is 2.38. The van der Waals surface area contributed by atoms with Crippen LogP contribution in [0.3, 0.4) is 0 Å². The van der Waals surface area contributed by atoms with Crippen LogP contribution in [0.25, 0.3) is 44.4 Å². The van der Waals surface area contributed by atoms with Crippen molar-refractivity contribution in [1.29, 1.82) is 0 Å². The second-order valence-corrected chi connectivity index (χ2v) is 9.38. The summed E-state index contributed by atoms with van der Waals surface area (Å²) < 4.78 is 39.3. The van der Waals surface area contributed by atoms with Crippen LogP contribution in [0.1, 0.15) is 35.9 Å². The van der Waals surface area contributed by atoms with Crippen LogP contribution in [0.2, 0.25) is 0 Å². The highest BCUT2D eigenvalue weighted by molar-refractivity contribution is 5.98. The molecule has 6 rings (SSSR count). The number of carbonyl (C=O) groups excluding carboxylic acids is 1. The first-order valence-corrected chi connectivity index (χ1v) is 12.2. The number of likely N-dealkylation sites (tertiary alicyclic amines) is 1. The van der Waals surface area contributed by atoms with Gasteiger partial charge in [0, 0.05) is 48.7 Å². The van der Waals surface area contributed by atoms with E-state index in [1.807, 2.05) is 48.5 Å². The largest absolute Gasteiger partial charge is 0.460 e. The molecule has 0 saturated carbocycles. The molecular formula is C30H25F2NO3. The number of benzene rings is 3. The topological polar surface area (TPSA) is 46.6 Å². The Morgan fingerprint density at radius 2 is 1.64 bits per heavy atom. The molecule has 0 unspecified atom stereocenters. The van der Waals surface area contributed by atoms with Gasteiger partial charge in [-0.25, -0.2) is 8.78 Å². The average molecular weight is 486 g/mol. The van der Waals surface area contributed by atoms with Crippen molar-refractivity contribution in [3.63, 3.8) is 0 Å². The number of amides is 1. The fourth-order valence-electron chi connectivity index (χ4n) is 4.87. The maximum Gasteiger partial charge on any atom is 0.253 e. The minimum absolute atomic E-state index is 0.0748. The number of carbonyl (C=O) groups is 1. The third-order valence-electron chi connectivity index (χ3n) is 6.95. The predicted octanol–water partition coefficient (Wildman–Crippen LogP) is 7.95. The zero-order valence-electron chi connectivity index (χ0n) is 19.9. The van der Waals surface area contributed by atoms with Crippen molar-refractivity contribution in [3.05, 3.63) is 84.1 Å². The molecule has 0 N–H and O–H groups in total. The monoisotopic (exact) mass is 485 g/mol. The average Bonchev–Trinajstić information content (AvgIpc) is 3.52. The fourth-order valence-corrected chi connectivity index (χ4v) is 4.87. The van der Waals surface area contributed by atoms with Crippen LogP contribution in [0.5, 0.6) is 0 Å². The van der Waals surface area contributed by atoms with E-state index in [4.69, 9.17) is 8.83 Å². The number of piperidine rings is 1. The molecule has 0 atom stereocenters. The van der Waals surface area contributed by atoms with Crippen molar-refractivity contribution in [3.8, 4) is 22.5 Å². The molecule has 1 aliphatic heterocycles.